The van der Waals surface area contributed by atoms with E-state index in [4.69, 9.17) is 9.47 Å². The highest BCUT2D eigenvalue weighted by molar-refractivity contribution is 7.13. The summed E-state index contributed by atoms with van der Waals surface area (Å²) in [7, 11) is 3.12. The van der Waals surface area contributed by atoms with Crippen LogP contribution < -0.4 is 20.1 Å². The number of methoxy groups -OCH3 is 2. The number of hydrogen-bond donors (Lipinski definition) is 2. The number of anilines is 3. The second-order valence-corrected chi connectivity index (χ2v) is 6.64. The third kappa shape index (κ3) is 4.95. The quantitative estimate of drug-likeness (QED) is 0.645. The summed E-state index contributed by atoms with van der Waals surface area (Å²) in [5, 5.41) is 8.53. The number of nitrogens with zero attached hydrogens (tertiary/aromatic N) is 2. The highest BCUT2D eigenvalue weighted by atomic mass is 32.1. The van der Waals surface area contributed by atoms with E-state index < -0.39 is 0 Å². The molecule has 0 unspecified atom stereocenters. The van der Waals surface area contributed by atoms with Crippen molar-refractivity contribution in [3.05, 3.63) is 53.2 Å². The number of thiazole rings is 1. The third-order valence-corrected chi connectivity index (χ3v) is 4.53. The first-order valence-electron chi connectivity index (χ1n) is 8.23. The van der Waals surface area contributed by atoms with Crippen LogP contribution in [0.1, 0.15) is 11.3 Å². The van der Waals surface area contributed by atoms with Crippen LogP contribution >= 0.6 is 11.3 Å². The van der Waals surface area contributed by atoms with E-state index in [9.17, 15) is 4.79 Å². The van der Waals surface area contributed by atoms with Gasteiger partial charge in [-0.15, -0.1) is 11.3 Å². The molecule has 3 rings (SSSR count). The van der Waals surface area contributed by atoms with Crippen LogP contribution in [0.2, 0.25) is 0 Å². The molecule has 1 aromatic carbocycles. The third-order valence-electron chi connectivity index (χ3n) is 3.72. The van der Waals surface area contributed by atoms with Gasteiger partial charge in [-0.05, 0) is 36.8 Å². The van der Waals surface area contributed by atoms with Gasteiger partial charge in [0, 0.05) is 17.6 Å². The number of amides is 1. The van der Waals surface area contributed by atoms with E-state index in [0.717, 1.165) is 11.4 Å². The molecule has 0 aliphatic rings. The Kier molecular flexibility index (Phi) is 5.87. The van der Waals surface area contributed by atoms with Crippen LogP contribution in [0.15, 0.2) is 41.9 Å². The van der Waals surface area contributed by atoms with E-state index in [1.54, 1.807) is 38.6 Å². The summed E-state index contributed by atoms with van der Waals surface area (Å²) in [6.07, 6.45) is 1.89. The highest BCUT2D eigenvalue weighted by Gasteiger charge is 2.12. The number of carbonyl (C=O) groups is 1. The van der Waals surface area contributed by atoms with Crippen molar-refractivity contribution in [3.63, 3.8) is 0 Å². The smallest absolute Gasteiger partial charge is 0.230 e. The van der Waals surface area contributed by atoms with Crippen molar-refractivity contribution in [2.24, 2.45) is 0 Å². The van der Waals surface area contributed by atoms with Crippen molar-refractivity contribution in [2.75, 3.05) is 24.9 Å². The van der Waals surface area contributed by atoms with Gasteiger partial charge in [0.25, 0.3) is 0 Å². The molecule has 8 heteroatoms. The molecular formula is C19H20N4O3S. The van der Waals surface area contributed by atoms with Crippen molar-refractivity contribution in [1.82, 2.24) is 9.97 Å². The van der Waals surface area contributed by atoms with Crippen LogP contribution in [-0.4, -0.2) is 30.1 Å². The van der Waals surface area contributed by atoms with E-state index in [0.29, 0.717) is 28.0 Å². The zero-order valence-corrected chi connectivity index (χ0v) is 16.1. The molecule has 0 radical (unpaired) electrons. The minimum absolute atomic E-state index is 0.153. The molecule has 27 heavy (non-hydrogen) atoms. The molecular weight excluding hydrogens is 364 g/mol. The second-order valence-electron chi connectivity index (χ2n) is 5.78. The number of pyridine rings is 1. The Morgan fingerprint density at radius 2 is 2.04 bits per heavy atom. The largest absolute Gasteiger partial charge is 0.497 e. The van der Waals surface area contributed by atoms with Crippen molar-refractivity contribution < 1.29 is 14.3 Å². The van der Waals surface area contributed by atoms with Gasteiger partial charge in [-0.2, -0.15) is 0 Å². The van der Waals surface area contributed by atoms with E-state index >= 15 is 0 Å². The van der Waals surface area contributed by atoms with Gasteiger partial charge in [-0.25, -0.2) is 9.97 Å². The molecule has 0 spiro atoms. The van der Waals surface area contributed by atoms with Crippen molar-refractivity contribution >= 4 is 33.9 Å². The van der Waals surface area contributed by atoms with Gasteiger partial charge in [-0.3, -0.25) is 4.79 Å². The summed E-state index contributed by atoms with van der Waals surface area (Å²) in [6.45, 7) is 2.00. The molecule has 0 aliphatic heterocycles. The van der Waals surface area contributed by atoms with Crippen LogP contribution in [0.5, 0.6) is 11.5 Å². The van der Waals surface area contributed by atoms with E-state index in [1.807, 2.05) is 24.4 Å². The highest BCUT2D eigenvalue weighted by Crippen LogP contribution is 2.29. The number of rotatable bonds is 7. The molecule has 1 amide bonds. The Hall–Kier alpha value is -3.13. The van der Waals surface area contributed by atoms with Crippen LogP contribution in [0.3, 0.4) is 0 Å². The first-order chi connectivity index (χ1) is 13.1. The molecule has 2 heterocycles. The minimum atomic E-state index is -0.188. The zero-order valence-electron chi connectivity index (χ0n) is 15.3. The lowest BCUT2D eigenvalue weighted by atomic mass is 10.2. The van der Waals surface area contributed by atoms with Crippen molar-refractivity contribution in [3.8, 4) is 11.5 Å². The molecule has 2 aromatic heterocycles. The Bertz CT molecular complexity index is 942. The van der Waals surface area contributed by atoms with Gasteiger partial charge in [0.05, 0.1) is 32.0 Å². The predicted molar refractivity (Wildman–Crippen MR) is 106 cm³/mol. The molecule has 0 fully saturated rings. The number of carbonyl (C=O) groups excluding carboxylic acids is 1. The topological polar surface area (TPSA) is 85.4 Å². The Labute approximate surface area is 161 Å². The summed E-state index contributed by atoms with van der Waals surface area (Å²) in [5.41, 5.74) is 2.34. The predicted octanol–water partition coefficient (Wildman–Crippen LogP) is 3.79. The van der Waals surface area contributed by atoms with E-state index in [1.165, 1.54) is 11.3 Å². The number of benzene rings is 1. The Morgan fingerprint density at radius 1 is 1.19 bits per heavy atom. The molecule has 0 atom stereocenters. The maximum atomic E-state index is 12.4. The fourth-order valence-electron chi connectivity index (χ4n) is 2.43. The first kappa shape index (κ1) is 18.7. The Balaban J connectivity index is 1.64. The second kappa shape index (κ2) is 8.50. The van der Waals surface area contributed by atoms with Gasteiger partial charge in [0.1, 0.15) is 17.3 Å². The number of aromatic nitrogens is 2. The molecule has 0 saturated carbocycles. The lowest BCUT2D eigenvalue weighted by Crippen LogP contribution is -2.15. The average Bonchev–Trinajstić information content (AvgIpc) is 3.08. The van der Waals surface area contributed by atoms with Crippen molar-refractivity contribution in [1.29, 1.82) is 0 Å². The van der Waals surface area contributed by atoms with E-state index in [-0.39, 0.29) is 12.3 Å². The normalized spacial score (nSPS) is 10.3. The standard InChI is InChI=1S/C19H20N4O3S/c1-12-6-7-20-17(8-12)23-19-21-13(11-27-19)9-18(24)22-15-10-14(25-2)4-5-16(15)26-3/h4-8,10-11H,9H2,1-3H3,(H,22,24)(H,20,21,23). The molecule has 140 valence electrons. The zero-order chi connectivity index (χ0) is 19.2. The molecule has 2 N–H and O–H groups in total. The number of nitrogens with one attached hydrogen (secondary N) is 2. The molecule has 0 aliphatic carbocycles. The number of ether oxygens (including phenoxy) is 2. The summed E-state index contributed by atoms with van der Waals surface area (Å²) < 4.78 is 10.5. The molecule has 7 nitrogen and oxygen atoms in total. The summed E-state index contributed by atoms with van der Waals surface area (Å²) in [6, 6.07) is 9.09. The maximum Gasteiger partial charge on any atom is 0.230 e. The monoisotopic (exact) mass is 384 g/mol. The maximum absolute atomic E-state index is 12.4. The number of hydrogen-bond acceptors (Lipinski definition) is 7. The Morgan fingerprint density at radius 3 is 2.78 bits per heavy atom. The molecule has 3 aromatic rings. The SMILES string of the molecule is COc1ccc(OC)c(NC(=O)Cc2csc(Nc3cc(C)ccn3)n2)c1. The van der Waals surface area contributed by atoms with Gasteiger partial charge in [0.2, 0.25) is 5.91 Å². The lowest BCUT2D eigenvalue weighted by Gasteiger charge is -2.11. The summed E-state index contributed by atoms with van der Waals surface area (Å²) in [4.78, 5) is 21.1. The van der Waals surface area contributed by atoms with Crippen LogP contribution in [0.25, 0.3) is 0 Å². The fourth-order valence-corrected chi connectivity index (χ4v) is 3.15. The van der Waals surface area contributed by atoms with E-state index in [2.05, 4.69) is 20.6 Å². The van der Waals surface area contributed by atoms with Crippen molar-refractivity contribution in [2.45, 2.75) is 13.3 Å². The lowest BCUT2D eigenvalue weighted by molar-refractivity contribution is -0.115. The van der Waals surface area contributed by atoms with Gasteiger partial charge >= 0.3 is 0 Å². The average molecular weight is 384 g/mol. The summed E-state index contributed by atoms with van der Waals surface area (Å²) >= 11 is 1.43. The molecule has 0 saturated heterocycles. The number of aryl methyl sites for hydroxylation is 1. The van der Waals surface area contributed by atoms with Gasteiger partial charge < -0.3 is 20.1 Å². The fraction of sp³-hybridized carbons (Fsp3) is 0.211. The minimum Gasteiger partial charge on any atom is -0.497 e. The van der Waals surface area contributed by atoms with Crippen LogP contribution in [-0.2, 0) is 11.2 Å². The van der Waals surface area contributed by atoms with Crippen LogP contribution in [0, 0.1) is 6.92 Å². The molecule has 0 bridgehead atoms. The van der Waals surface area contributed by atoms with Gasteiger partial charge in [0.15, 0.2) is 5.13 Å². The van der Waals surface area contributed by atoms with Gasteiger partial charge in [-0.1, -0.05) is 0 Å². The first-order valence-corrected chi connectivity index (χ1v) is 9.11. The summed E-state index contributed by atoms with van der Waals surface area (Å²) in [5.74, 6) is 1.74. The van der Waals surface area contributed by atoms with Crippen LogP contribution in [0.4, 0.5) is 16.6 Å².